The Hall–Kier alpha value is -1.23. The van der Waals surface area contributed by atoms with E-state index in [9.17, 15) is 4.79 Å². The van der Waals surface area contributed by atoms with E-state index in [4.69, 9.17) is 0 Å². The van der Waals surface area contributed by atoms with E-state index in [2.05, 4.69) is 30.5 Å². The second kappa shape index (κ2) is 4.22. The SMILES string of the molecule is O=c1ncn(C2CCCC2)c2ncc(Br)cc12. The fourth-order valence-electron chi connectivity index (χ4n) is 2.48. The zero-order valence-corrected chi connectivity index (χ0v) is 10.9. The van der Waals surface area contributed by atoms with E-state index in [1.165, 1.54) is 12.8 Å². The zero-order valence-electron chi connectivity index (χ0n) is 9.27. The summed E-state index contributed by atoms with van der Waals surface area (Å²) in [6.07, 6.45) is 8.16. The fraction of sp³-hybridized carbons (Fsp3) is 0.417. The first-order valence-corrected chi connectivity index (χ1v) is 6.57. The molecular formula is C12H12BrN3O. The summed E-state index contributed by atoms with van der Waals surface area (Å²) in [5.41, 5.74) is 0.545. The third-order valence-electron chi connectivity index (χ3n) is 3.33. The smallest absolute Gasteiger partial charge is 0.282 e. The van der Waals surface area contributed by atoms with Gasteiger partial charge in [0.15, 0.2) is 0 Å². The van der Waals surface area contributed by atoms with Gasteiger partial charge in [-0.2, -0.15) is 4.98 Å². The Morgan fingerprint density at radius 3 is 2.82 bits per heavy atom. The normalized spacial score (nSPS) is 16.8. The lowest BCUT2D eigenvalue weighted by atomic mass is 10.2. The van der Waals surface area contributed by atoms with Crippen LogP contribution in [0, 0.1) is 0 Å². The summed E-state index contributed by atoms with van der Waals surface area (Å²) in [6.45, 7) is 0. The van der Waals surface area contributed by atoms with Gasteiger partial charge in [-0.05, 0) is 34.8 Å². The molecule has 2 aromatic heterocycles. The van der Waals surface area contributed by atoms with Gasteiger partial charge in [0.25, 0.3) is 5.56 Å². The number of nitrogens with zero attached hydrogens (tertiary/aromatic N) is 3. The van der Waals surface area contributed by atoms with E-state index >= 15 is 0 Å². The van der Waals surface area contributed by atoms with Gasteiger partial charge >= 0.3 is 0 Å². The van der Waals surface area contributed by atoms with Crippen molar-refractivity contribution in [3.63, 3.8) is 0 Å². The van der Waals surface area contributed by atoms with Gasteiger partial charge in [-0.25, -0.2) is 4.98 Å². The van der Waals surface area contributed by atoms with E-state index in [0.717, 1.165) is 23.0 Å². The first-order valence-electron chi connectivity index (χ1n) is 5.78. The van der Waals surface area contributed by atoms with Gasteiger partial charge in [0.05, 0.1) is 5.39 Å². The summed E-state index contributed by atoms with van der Waals surface area (Å²) in [5.74, 6) is 0. The van der Waals surface area contributed by atoms with E-state index in [1.54, 1.807) is 18.6 Å². The van der Waals surface area contributed by atoms with Crippen LogP contribution in [0.4, 0.5) is 0 Å². The predicted molar refractivity (Wildman–Crippen MR) is 69.0 cm³/mol. The Kier molecular flexibility index (Phi) is 2.70. The van der Waals surface area contributed by atoms with E-state index in [0.29, 0.717) is 11.4 Å². The second-order valence-corrected chi connectivity index (χ2v) is 5.34. The van der Waals surface area contributed by atoms with E-state index < -0.39 is 0 Å². The number of fused-ring (bicyclic) bond motifs is 1. The van der Waals surface area contributed by atoms with Gasteiger partial charge in [-0.3, -0.25) is 4.79 Å². The number of hydrogen-bond donors (Lipinski definition) is 0. The van der Waals surface area contributed by atoms with Gasteiger partial charge in [0.1, 0.15) is 12.0 Å². The topological polar surface area (TPSA) is 47.8 Å². The third-order valence-corrected chi connectivity index (χ3v) is 3.76. The third kappa shape index (κ3) is 1.88. The highest BCUT2D eigenvalue weighted by molar-refractivity contribution is 9.10. The molecule has 0 radical (unpaired) electrons. The summed E-state index contributed by atoms with van der Waals surface area (Å²) >= 11 is 3.34. The molecule has 0 aliphatic heterocycles. The molecule has 1 aliphatic rings. The Bertz CT molecular complexity index is 617. The molecule has 1 fully saturated rings. The van der Waals surface area contributed by atoms with Crippen LogP contribution in [0.15, 0.2) is 27.9 Å². The summed E-state index contributed by atoms with van der Waals surface area (Å²) in [6, 6.07) is 2.24. The van der Waals surface area contributed by atoms with Crippen molar-refractivity contribution in [2.24, 2.45) is 0 Å². The predicted octanol–water partition coefficient (Wildman–Crippen LogP) is 2.67. The van der Waals surface area contributed by atoms with Crippen molar-refractivity contribution >= 4 is 27.0 Å². The van der Waals surface area contributed by atoms with E-state index in [1.807, 2.05) is 0 Å². The maximum atomic E-state index is 11.7. The molecule has 0 bridgehead atoms. The molecule has 0 spiro atoms. The van der Waals surface area contributed by atoms with Crippen LogP contribution in [0.2, 0.25) is 0 Å². The molecule has 4 nitrogen and oxygen atoms in total. The van der Waals surface area contributed by atoms with Crippen molar-refractivity contribution in [3.8, 4) is 0 Å². The number of hydrogen-bond acceptors (Lipinski definition) is 3. The van der Waals surface area contributed by atoms with Crippen molar-refractivity contribution < 1.29 is 0 Å². The minimum absolute atomic E-state index is 0.206. The highest BCUT2D eigenvalue weighted by Crippen LogP contribution is 2.30. The van der Waals surface area contributed by atoms with Crippen molar-refractivity contribution in [2.45, 2.75) is 31.7 Å². The minimum Gasteiger partial charge on any atom is -0.313 e. The van der Waals surface area contributed by atoms with Gasteiger partial charge in [0, 0.05) is 16.7 Å². The van der Waals surface area contributed by atoms with Gasteiger partial charge in [-0.15, -0.1) is 0 Å². The molecule has 5 heteroatoms. The Labute approximate surface area is 107 Å². The molecule has 3 rings (SSSR count). The van der Waals surface area contributed by atoms with Gasteiger partial charge in [0.2, 0.25) is 0 Å². The quantitative estimate of drug-likeness (QED) is 0.812. The molecule has 0 unspecified atom stereocenters. The highest BCUT2D eigenvalue weighted by atomic mass is 79.9. The molecule has 0 atom stereocenters. The van der Waals surface area contributed by atoms with Crippen molar-refractivity contribution in [1.82, 2.24) is 14.5 Å². The monoisotopic (exact) mass is 293 g/mol. The Morgan fingerprint density at radius 2 is 2.06 bits per heavy atom. The van der Waals surface area contributed by atoms with Crippen molar-refractivity contribution in [2.75, 3.05) is 0 Å². The standard InChI is InChI=1S/C12H12BrN3O/c13-8-5-10-11(14-6-8)16(7-15-12(10)17)9-3-1-2-4-9/h5-7,9H,1-4H2. The second-order valence-electron chi connectivity index (χ2n) is 4.42. The van der Waals surface area contributed by atoms with Gasteiger partial charge in [-0.1, -0.05) is 12.8 Å². The number of aromatic nitrogens is 3. The van der Waals surface area contributed by atoms with Crippen LogP contribution in [0.3, 0.4) is 0 Å². The molecule has 88 valence electrons. The van der Waals surface area contributed by atoms with Crippen molar-refractivity contribution in [1.29, 1.82) is 0 Å². The summed E-state index contributed by atoms with van der Waals surface area (Å²) in [5, 5.41) is 0.591. The van der Waals surface area contributed by atoms with Crippen LogP contribution in [-0.2, 0) is 0 Å². The van der Waals surface area contributed by atoms with Crippen LogP contribution in [-0.4, -0.2) is 14.5 Å². The Morgan fingerprint density at radius 1 is 1.29 bits per heavy atom. The van der Waals surface area contributed by atoms with Crippen LogP contribution in [0.1, 0.15) is 31.7 Å². The molecule has 2 aromatic rings. The van der Waals surface area contributed by atoms with E-state index in [-0.39, 0.29) is 5.56 Å². The summed E-state index contributed by atoms with van der Waals surface area (Å²) in [7, 11) is 0. The fourth-order valence-corrected chi connectivity index (χ4v) is 2.82. The molecule has 0 N–H and O–H groups in total. The summed E-state index contributed by atoms with van der Waals surface area (Å²) in [4.78, 5) is 20.0. The maximum absolute atomic E-state index is 11.7. The van der Waals surface area contributed by atoms with Crippen molar-refractivity contribution in [3.05, 3.63) is 33.4 Å². The molecular weight excluding hydrogens is 282 g/mol. The molecule has 0 amide bonds. The minimum atomic E-state index is -0.206. The average Bonchev–Trinajstić information content (AvgIpc) is 2.84. The lowest BCUT2D eigenvalue weighted by Crippen LogP contribution is -2.16. The first-order chi connectivity index (χ1) is 8.25. The number of pyridine rings is 1. The maximum Gasteiger partial charge on any atom is 0.282 e. The van der Waals surface area contributed by atoms with Crippen LogP contribution >= 0.6 is 15.9 Å². The van der Waals surface area contributed by atoms with Gasteiger partial charge < -0.3 is 4.57 Å². The lowest BCUT2D eigenvalue weighted by molar-refractivity contribution is 0.521. The number of rotatable bonds is 1. The van der Waals surface area contributed by atoms with Crippen LogP contribution in [0.25, 0.3) is 11.0 Å². The van der Waals surface area contributed by atoms with Crippen LogP contribution in [0.5, 0.6) is 0 Å². The summed E-state index contributed by atoms with van der Waals surface area (Å²) < 4.78 is 2.86. The Balaban J connectivity index is 2.25. The first kappa shape index (κ1) is 10.9. The molecule has 1 aliphatic carbocycles. The molecule has 0 saturated heterocycles. The lowest BCUT2D eigenvalue weighted by Gasteiger charge is -2.15. The highest BCUT2D eigenvalue weighted by Gasteiger charge is 2.19. The average molecular weight is 294 g/mol. The molecule has 2 heterocycles. The zero-order chi connectivity index (χ0) is 11.8. The molecule has 1 saturated carbocycles. The molecule has 17 heavy (non-hydrogen) atoms. The molecule has 0 aromatic carbocycles. The number of halogens is 1. The largest absolute Gasteiger partial charge is 0.313 e. The van der Waals surface area contributed by atoms with Crippen LogP contribution < -0.4 is 5.56 Å².